The van der Waals surface area contributed by atoms with E-state index < -0.39 is 30.6 Å². The highest BCUT2D eigenvalue weighted by molar-refractivity contribution is 5.94. The number of alkyl halides is 3. The minimum absolute atomic E-state index is 0.192. The number of halogens is 3. The Hall–Kier alpha value is -2.64. The van der Waals surface area contributed by atoms with Crippen LogP contribution in [0, 0.1) is 17.2 Å². The first kappa shape index (κ1) is 18.7. The Morgan fingerprint density at radius 2 is 2.16 bits per heavy atom. The molecule has 1 saturated heterocycles. The maximum absolute atomic E-state index is 12.3. The molecule has 0 aliphatic carbocycles. The summed E-state index contributed by atoms with van der Waals surface area (Å²) in [4.78, 5) is 26.9. The molecule has 0 bridgehead atoms. The third-order valence-corrected chi connectivity index (χ3v) is 3.80. The van der Waals surface area contributed by atoms with Gasteiger partial charge >= 0.3 is 6.18 Å². The van der Waals surface area contributed by atoms with Crippen LogP contribution in [0.4, 0.5) is 13.2 Å². The Balaban J connectivity index is 1.98. The van der Waals surface area contributed by atoms with Crippen LogP contribution in [0.25, 0.3) is 0 Å². The van der Waals surface area contributed by atoms with Gasteiger partial charge in [0.1, 0.15) is 12.6 Å². The van der Waals surface area contributed by atoms with Gasteiger partial charge in [-0.25, -0.2) is 4.68 Å². The van der Waals surface area contributed by atoms with Crippen molar-refractivity contribution >= 4 is 11.8 Å². The van der Waals surface area contributed by atoms with E-state index in [-0.39, 0.29) is 18.2 Å². The Morgan fingerprint density at radius 3 is 2.76 bits per heavy atom. The van der Waals surface area contributed by atoms with Crippen LogP contribution in [0.1, 0.15) is 23.8 Å². The molecule has 1 fully saturated rings. The Bertz CT molecular complexity index is 695. The van der Waals surface area contributed by atoms with Gasteiger partial charge in [-0.3, -0.25) is 9.59 Å². The molecule has 11 heteroatoms. The molecule has 2 heterocycles. The van der Waals surface area contributed by atoms with Gasteiger partial charge < -0.3 is 9.80 Å². The number of rotatable bonds is 4. The van der Waals surface area contributed by atoms with Gasteiger partial charge in [0.15, 0.2) is 5.69 Å². The number of carbonyl (C=O) groups excluding carboxylic acids is 2. The molecule has 2 unspecified atom stereocenters. The van der Waals surface area contributed by atoms with Gasteiger partial charge in [0.05, 0.1) is 18.8 Å². The lowest BCUT2D eigenvalue weighted by molar-refractivity contribution is -0.142. The van der Waals surface area contributed by atoms with Crippen LogP contribution in [-0.2, 0) is 11.3 Å². The summed E-state index contributed by atoms with van der Waals surface area (Å²) in [6.07, 6.45) is -3.02. The smallest absolute Gasteiger partial charge is 0.331 e. The average molecular weight is 358 g/mol. The van der Waals surface area contributed by atoms with E-state index in [0.717, 1.165) is 11.1 Å². The van der Waals surface area contributed by atoms with Crippen molar-refractivity contribution in [3.8, 4) is 6.07 Å². The van der Waals surface area contributed by atoms with E-state index in [1.165, 1.54) is 11.9 Å². The maximum Gasteiger partial charge on any atom is 0.408 e. The molecule has 0 aromatic carbocycles. The molecule has 1 aromatic rings. The fraction of sp³-hybridized carbons (Fsp3) is 0.643. The quantitative estimate of drug-likeness (QED) is 0.788. The minimum atomic E-state index is -4.48. The van der Waals surface area contributed by atoms with E-state index in [2.05, 4.69) is 16.4 Å². The molecule has 1 aliphatic rings. The fourth-order valence-corrected chi connectivity index (χ4v) is 2.66. The van der Waals surface area contributed by atoms with Crippen molar-refractivity contribution in [1.29, 1.82) is 5.26 Å². The number of hydrogen-bond acceptors (Lipinski definition) is 5. The van der Waals surface area contributed by atoms with E-state index in [9.17, 15) is 22.8 Å². The molecule has 8 nitrogen and oxygen atoms in total. The number of aromatic nitrogens is 3. The van der Waals surface area contributed by atoms with E-state index in [1.54, 1.807) is 0 Å². The van der Waals surface area contributed by atoms with E-state index in [1.807, 2.05) is 6.92 Å². The Kier molecular flexibility index (Phi) is 5.30. The molecule has 2 amide bonds. The van der Waals surface area contributed by atoms with E-state index >= 15 is 0 Å². The number of likely N-dealkylation sites (N-methyl/N-ethyl adjacent to an activating group) is 1. The molecule has 0 N–H and O–H groups in total. The van der Waals surface area contributed by atoms with Crippen LogP contribution in [0.3, 0.4) is 0 Å². The maximum atomic E-state index is 12.3. The van der Waals surface area contributed by atoms with Gasteiger partial charge in [-0.1, -0.05) is 12.1 Å². The molecule has 0 radical (unpaired) electrons. The first-order valence-corrected chi connectivity index (χ1v) is 7.52. The average Bonchev–Trinajstić information content (AvgIpc) is 3.10. The summed E-state index contributed by atoms with van der Waals surface area (Å²) >= 11 is 0. The number of nitriles is 1. The Labute approximate surface area is 141 Å². The van der Waals surface area contributed by atoms with Crippen LogP contribution in [0.15, 0.2) is 6.20 Å². The van der Waals surface area contributed by atoms with Crippen molar-refractivity contribution in [2.45, 2.75) is 32.1 Å². The zero-order chi connectivity index (χ0) is 18.8. The minimum Gasteiger partial charge on any atom is -0.331 e. The first-order valence-electron chi connectivity index (χ1n) is 7.52. The summed E-state index contributed by atoms with van der Waals surface area (Å²) < 4.78 is 37.4. The standard InChI is InChI=1S/C14H17F3N6O2/c1-9-3-10(4-18)23(5-9)12(24)7-21(2)13(25)11-6-22(20-19-11)8-14(15,16)17/h6,9-10H,3,5,7-8H2,1-2H3. The van der Waals surface area contributed by atoms with Crippen LogP contribution in [-0.4, -0.2) is 69.0 Å². The third-order valence-electron chi connectivity index (χ3n) is 3.80. The lowest BCUT2D eigenvalue weighted by Gasteiger charge is -2.23. The second kappa shape index (κ2) is 7.08. The summed E-state index contributed by atoms with van der Waals surface area (Å²) in [7, 11) is 1.34. The number of carbonyl (C=O) groups is 2. The van der Waals surface area contributed by atoms with Crippen LogP contribution in [0.2, 0.25) is 0 Å². The third kappa shape index (κ3) is 4.68. The predicted octanol–water partition coefficient (Wildman–Crippen LogP) is 0.673. The summed E-state index contributed by atoms with van der Waals surface area (Å²) in [6, 6.07) is 1.52. The highest BCUT2D eigenvalue weighted by Crippen LogP contribution is 2.22. The SMILES string of the molecule is CC1CC(C#N)N(C(=O)CN(C)C(=O)c2cn(CC(F)(F)F)nn2)C1. The molecule has 1 aliphatic heterocycles. The zero-order valence-electron chi connectivity index (χ0n) is 13.7. The van der Waals surface area contributed by atoms with Gasteiger partial charge in [-0.15, -0.1) is 5.10 Å². The summed E-state index contributed by atoms with van der Waals surface area (Å²) in [5, 5.41) is 15.8. The Morgan fingerprint density at radius 1 is 1.48 bits per heavy atom. The molecule has 25 heavy (non-hydrogen) atoms. The number of hydrogen-bond donors (Lipinski definition) is 0. The van der Waals surface area contributed by atoms with Gasteiger partial charge in [0.25, 0.3) is 5.91 Å². The number of nitrogens with zero attached hydrogens (tertiary/aromatic N) is 6. The molecular formula is C14H17F3N6O2. The highest BCUT2D eigenvalue weighted by atomic mass is 19.4. The van der Waals surface area contributed by atoms with Crippen molar-refractivity contribution < 1.29 is 22.8 Å². The molecule has 1 aromatic heterocycles. The zero-order valence-corrected chi connectivity index (χ0v) is 13.7. The van der Waals surface area contributed by atoms with Crippen molar-refractivity contribution in [3.05, 3.63) is 11.9 Å². The molecular weight excluding hydrogens is 341 g/mol. The second-order valence-corrected chi connectivity index (χ2v) is 6.11. The summed E-state index contributed by atoms with van der Waals surface area (Å²) in [6.45, 7) is 0.702. The predicted molar refractivity (Wildman–Crippen MR) is 77.9 cm³/mol. The van der Waals surface area contributed by atoms with Gasteiger partial charge in [-0.05, 0) is 12.3 Å². The van der Waals surface area contributed by atoms with Crippen LogP contribution in [0.5, 0.6) is 0 Å². The molecule has 2 atom stereocenters. The van der Waals surface area contributed by atoms with Gasteiger partial charge in [-0.2, -0.15) is 18.4 Å². The van der Waals surface area contributed by atoms with Crippen LogP contribution < -0.4 is 0 Å². The molecule has 0 spiro atoms. The van der Waals surface area contributed by atoms with Crippen molar-refractivity contribution in [2.24, 2.45) is 5.92 Å². The summed E-state index contributed by atoms with van der Waals surface area (Å²) in [5.74, 6) is -0.922. The number of likely N-dealkylation sites (tertiary alicyclic amines) is 1. The second-order valence-electron chi connectivity index (χ2n) is 6.11. The topological polar surface area (TPSA) is 95.1 Å². The monoisotopic (exact) mass is 358 g/mol. The van der Waals surface area contributed by atoms with Crippen molar-refractivity contribution in [2.75, 3.05) is 20.1 Å². The lowest BCUT2D eigenvalue weighted by Crippen LogP contribution is -2.43. The fourth-order valence-electron chi connectivity index (χ4n) is 2.66. The largest absolute Gasteiger partial charge is 0.408 e. The summed E-state index contributed by atoms with van der Waals surface area (Å²) in [5.41, 5.74) is -0.286. The molecule has 136 valence electrons. The van der Waals surface area contributed by atoms with E-state index in [0.29, 0.717) is 17.6 Å². The molecule has 2 rings (SSSR count). The van der Waals surface area contributed by atoms with Crippen molar-refractivity contribution in [3.63, 3.8) is 0 Å². The van der Waals surface area contributed by atoms with Gasteiger partial charge in [0, 0.05) is 13.6 Å². The first-order chi connectivity index (χ1) is 11.6. The number of amides is 2. The van der Waals surface area contributed by atoms with Crippen molar-refractivity contribution in [1.82, 2.24) is 24.8 Å². The lowest BCUT2D eigenvalue weighted by atomic mass is 10.1. The van der Waals surface area contributed by atoms with Gasteiger partial charge in [0.2, 0.25) is 5.91 Å². The highest BCUT2D eigenvalue weighted by Gasteiger charge is 2.34. The van der Waals surface area contributed by atoms with E-state index in [4.69, 9.17) is 5.26 Å². The van der Waals surface area contributed by atoms with Crippen LogP contribution >= 0.6 is 0 Å². The molecule has 0 saturated carbocycles. The normalized spacial score (nSPS) is 20.4.